The van der Waals surface area contributed by atoms with Gasteiger partial charge in [0, 0.05) is 26.7 Å². The normalized spacial score (nSPS) is 16.9. The Hall–Kier alpha value is -3.73. The largest absolute Gasteiger partial charge is 0.380 e. The van der Waals surface area contributed by atoms with Crippen LogP contribution in [0.3, 0.4) is 0 Å². The number of nitrogens with one attached hydrogen (secondary N) is 2. The van der Waals surface area contributed by atoms with Gasteiger partial charge in [-0.05, 0) is 47.7 Å². The predicted molar refractivity (Wildman–Crippen MR) is 137 cm³/mol. The van der Waals surface area contributed by atoms with Crippen molar-refractivity contribution in [1.82, 2.24) is 10.3 Å². The summed E-state index contributed by atoms with van der Waals surface area (Å²) in [7, 11) is 1.74. The molecule has 1 unspecified atom stereocenters. The van der Waals surface area contributed by atoms with E-state index in [1.54, 1.807) is 13.3 Å². The smallest absolute Gasteiger partial charge is 0.247 e. The standard InChI is InChI=1S/C28H31N5O2/c1-20(22-10-8-21(16-29)9-11-22)17-31-27(23-6-4-3-5-7-23)28(34)32-26-13-12-24(18-30-26)33-15-14-25(19-33)35-2/h3-13,18,20,25,27,31H,14-15,17,19H2,1-2H3,(H,30,32,34)/t20?,25-,27-/m1/s1. The minimum atomic E-state index is -0.528. The van der Waals surface area contributed by atoms with E-state index in [2.05, 4.69) is 33.5 Å². The molecule has 1 saturated heterocycles. The van der Waals surface area contributed by atoms with E-state index >= 15 is 0 Å². The van der Waals surface area contributed by atoms with Crippen LogP contribution in [0.15, 0.2) is 72.9 Å². The first-order valence-electron chi connectivity index (χ1n) is 11.9. The van der Waals surface area contributed by atoms with E-state index in [1.807, 2.05) is 66.7 Å². The van der Waals surface area contributed by atoms with E-state index in [0.29, 0.717) is 17.9 Å². The van der Waals surface area contributed by atoms with Gasteiger partial charge in [-0.1, -0.05) is 49.4 Å². The number of nitriles is 1. The zero-order chi connectivity index (χ0) is 24.6. The molecule has 7 nitrogen and oxygen atoms in total. The van der Waals surface area contributed by atoms with Crippen molar-refractivity contribution in [2.24, 2.45) is 0 Å². The van der Waals surface area contributed by atoms with Crippen molar-refractivity contribution >= 4 is 17.4 Å². The molecule has 0 spiro atoms. The van der Waals surface area contributed by atoms with Gasteiger partial charge in [-0.15, -0.1) is 0 Å². The highest BCUT2D eigenvalue weighted by molar-refractivity contribution is 5.94. The van der Waals surface area contributed by atoms with Crippen LogP contribution >= 0.6 is 0 Å². The number of pyridine rings is 1. The lowest BCUT2D eigenvalue weighted by molar-refractivity contribution is -0.118. The second-order valence-electron chi connectivity index (χ2n) is 8.87. The van der Waals surface area contributed by atoms with Crippen LogP contribution in [-0.2, 0) is 9.53 Å². The van der Waals surface area contributed by atoms with Crippen molar-refractivity contribution in [3.8, 4) is 6.07 Å². The van der Waals surface area contributed by atoms with E-state index in [9.17, 15) is 4.79 Å². The maximum Gasteiger partial charge on any atom is 0.247 e. The van der Waals surface area contributed by atoms with Crippen LogP contribution in [0.1, 0.15) is 42.0 Å². The number of carbonyl (C=O) groups is 1. The van der Waals surface area contributed by atoms with E-state index in [0.717, 1.165) is 36.3 Å². The third kappa shape index (κ3) is 6.24. The first-order valence-corrected chi connectivity index (χ1v) is 11.9. The SMILES string of the molecule is CO[C@@H]1CCN(c2ccc(NC(=O)[C@H](NCC(C)c3ccc(C#N)cc3)c3ccccc3)nc2)C1. The lowest BCUT2D eigenvalue weighted by Gasteiger charge is -2.22. The Labute approximate surface area is 206 Å². The summed E-state index contributed by atoms with van der Waals surface area (Å²) in [6, 6.07) is 22.7. The molecule has 3 aromatic rings. The lowest BCUT2D eigenvalue weighted by Crippen LogP contribution is -2.35. The molecule has 180 valence electrons. The molecule has 1 amide bonds. The van der Waals surface area contributed by atoms with Gasteiger partial charge in [0.1, 0.15) is 11.9 Å². The molecular formula is C28H31N5O2. The summed E-state index contributed by atoms with van der Waals surface area (Å²) >= 11 is 0. The number of ether oxygens (including phenoxy) is 1. The Morgan fingerprint density at radius 2 is 1.91 bits per heavy atom. The summed E-state index contributed by atoms with van der Waals surface area (Å²) in [5.74, 6) is 0.517. The van der Waals surface area contributed by atoms with Gasteiger partial charge in [-0.25, -0.2) is 4.98 Å². The lowest BCUT2D eigenvalue weighted by atomic mass is 9.98. The highest BCUT2D eigenvalue weighted by Crippen LogP contribution is 2.23. The average molecular weight is 470 g/mol. The monoisotopic (exact) mass is 469 g/mol. The zero-order valence-electron chi connectivity index (χ0n) is 20.1. The van der Waals surface area contributed by atoms with Crippen molar-refractivity contribution < 1.29 is 9.53 Å². The fourth-order valence-electron chi connectivity index (χ4n) is 4.31. The summed E-state index contributed by atoms with van der Waals surface area (Å²) in [6.07, 6.45) is 3.05. The predicted octanol–water partition coefficient (Wildman–Crippen LogP) is 4.25. The number of methoxy groups -OCH3 is 1. The van der Waals surface area contributed by atoms with Crippen LogP contribution in [0.4, 0.5) is 11.5 Å². The Bertz CT molecular complexity index is 1140. The number of benzene rings is 2. The quantitative estimate of drug-likeness (QED) is 0.487. The molecule has 35 heavy (non-hydrogen) atoms. The number of rotatable bonds is 9. The van der Waals surface area contributed by atoms with Crippen LogP contribution in [0.25, 0.3) is 0 Å². The topological polar surface area (TPSA) is 90.3 Å². The molecule has 0 bridgehead atoms. The Balaban J connectivity index is 1.42. The Morgan fingerprint density at radius 3 is 2.54 bits per heavy atom. The third-order valence-corrected chi connectivity index (χ3v) is 6.47. The van der Waals surface area contributed by atoms with Crippen LogP contribution in [-0.4, -0.2) is 43.7 Å². The van der Waals surface area contributed by atoms with Gasteiger partial charge in [0.2, 0.25) is 5.91 Å². The Morgan fingerprint density at radius 1 is 1.14 bits per heavy atom. The molecule has 4 rings (SSSR count). The fraction of sp³-hybridized carbons (Fsp3) is 0.321. The van der Waals surface area contributed by atoms with Crippen LogP contribution in [0.2, 0.25) is 0 Å². The van der Waals surface area contributed by atoms with Crippen molar-refractivity contribution in [1.29, 1.82) is 5.26 Å². The third-order valence-electron chi connectivity index (χ3n) is 6.47. The highest BCUT2D eigenvalue weighted by atomic mass is 16.5. The van der Waals surface area contributed by atoms with Gasteiger partial charge >= 0.3 is 0 Å². The molecule has 3 atom stereocenters. The maximum absolute atomic E-state index is 13.3. The van der Waals surface area contributed by atoms with E-state index < -0.39 is 6.04 Å². The van der Waals surface area contributed by atoms with Crippen LogP contribution in [0.5, 0.6) is 0 Å². The first kappa shape index (κ1) is 24.4. The summed E-state index contributed by atoms with van der Waals surface area (Å²) in [5.41, 5.74) is 3.66. The van der Waals surface area contributed by atoms with Crippen molar-refractivity contribution in [2.45, 2.75) is 31.4 Å². The van der Waals surface area contributed by atoms with E-state index in [1.165, 1.54) is 0 Å². The number of amides is 1. The summed E-state index contributed by atoms with van der Waals surface area (Å²) in [4.78, 5) is 20.0. The molecule has 1 aliphatic rings. The molecule has 1 fully saturated rings. The molecule has 0 aliphatic carbocycles. The number of carbonyl (C=O) groups excluding carboxylic acids is 1. The molecule has 2 heterocycles. The van der Waals surface area contributed by atoms with E-state index in [4.69, 9.17) is 10.00 Å². The second-order valence-corrected chi connectivity index (χ2v) is 8.87. The van der Waals surface area contributed by atoms with E-state index in [-0.39, 0.29) is 17.9 Å². The zero-order valence-corrected chi connectivity index (χ0v) is 20.1. The first-order chi connectivity index (χ1) is 17.1. The molecule has 1 aromatic heterocycles. The second kappa shape index (κ2) is 11.6. The number of aromatic nitrogens is 1. The highest BCUT2D eigenvalue weighted by Gasteiger charge is 2.24. The fourth-order valence-corrected chi connectivity index (χ4v) is 4.31. The minimum absolute atomic E-state index is 0.163. The summed E-state index contributed by atoms with van der Waals surface area (Å²) < 4.78 is 5.45. The van der Waals surface area contributed by atoms with Crippen molar-refractivity contribution in [3.63, 3.8) is 0 Å². The Kier molecular flexibility index (Phi) is 8.09. The molecule has 7 heteroatoms. The summed E-state index contributed by atoms with van der Waals surface area (Å²) in [5, 5.41) is 15.4. The van der Waals surface area contributed by atoms with Gasteiger partial charge < -0.3 is 20.3 Å². The van der Waals surface area contributed by atoms with Gasteiger partial charge in [0.15, 0.2) is 0 Å². The molecular weight excluding hydrogens is 438 g/mol. The van der Waals surface area contributed by atoms with Gasteiger partial charge in [0.25, 0.3) is 0 Å². The van der Waals surface area contributed by atoms with Gasteiger partial charge in [-0.2, -0.15) is 5.26 Å². The average Bonchev–Trinajstić information content (AvgIpc) is 3.39. The number of hydrogen-bond acceptors (Lipinski definition) is 6. The van der Waals surface area contributed by atoms with Gasteiger partial charge in [0.05, 0.1) is 29.6 Å². The molecule has 0 radical (unpaired) electrons. The van der Waals surface area contributed by atoms with Crippen molar-refractivity contribution in [3.05, 3.63) is 89.6 Å². The van der Waals surface area contributed by atoms with Crippen molar-refractivity contribution in [2.75, 3.05) is 37.0 Å². The number of anilines is 2. The maximum atomic E-state index is 13.3. The minimum Gasteiger partial charge on any atom is -0.380 e. The molecule has 0 saturated carbocycles. The number of hydrogen-bond donors (Lipinski definition) is 2. The summed E-state index contributed by atoms with van der Waals surface area (Å²) in [6.45, 7) is 4.48. The molecule has 1 aliphatic heterocycles. The van der Waals surface area contributed by atoms with Crippen LogP contribution in [0, 0.1) is 11.3 Å². The van der Waals surface area contributed by atoms with Gasteiger partial charge in [-0.3, -0.25) is 4.79 Å². The van der Waals surface area contributed by atoms with Crippen LogP contribution < -0.4 is 15.5 Å². The molecule has 2 aromatic carbocycles. The molecule has 2 N–H and O–H groups in total. The number of nitrogens with zero attached hydrogens (tertiary/aromatic N) is 3.